The summed E-state index contributed by atoms with van der Waals surface area (Å²) in [5.41, 5.74) is 0. The largest absolute Gasteiger partial charge is 0.337 e. The van der Waals surface area contributed by atoms with Crippen molar-refractivity contribution >= 4 is 18.5 Å². The summed E-state index contributed by atoms with van der Waals surface area (Å²) in [6.45, 7) is 6.03. The Balaban J connectivity index is 4.15. The highest BCUT2D eigenvalue weighted by Crippen LogP contribution is 2.05. The highest BCUT2D eigenvalue weighted by atomic mass is 32.1. The molecule has 0 heterocycles. The van der Waals surface area contributed by atoms with Gasteiger partial charge in [-0.25, -0.2) is 0 Å². The molecule has 4 heteroatoms. The predicted octanol–water partition coefficient (Wildman–Crippen LogP) is 0.888. The van der Waals surface area contributed by atoms with Gasteiger partial charge in [0.25, 0.3) is 5.91 Å². The number of hydrogen-bond acceptors (Lipinski definition) is 3. The molecule has 0 bridgehead atoms. The van der Waals surface area contributed by atoms with Gasteiger partial charge in [0.15, 0.2) is 0 Å². The standard InChI is InChI=1S/C9H18N2OS/c1-4-8(13)9(12)11(5-2)7-6-10-3/h4,10,13H,5-7H2,1-3H3/b8-4-. The average Bonchev–Trinajstić information content (AvgIpc) is 2.17. The van der Waals surface area contributed by atoms with E-state index >= 15 is 0 Å². The van der Waals surface area contributed by atoms with Crippen LogP contribution in [0.15, 0.2) is 11.0 Å². The molecule has 0 rings (SSSR count). The van der Waals surface area contributed by atoms with Gasteiger partial charge in [0.1, 0.15) is 0 Å². The lowest BCUT2D eigenvalue weighted by Crippen LogP contribution is -2.36. The van der Waals surface area contributed by atoms with E-state index in [0.717, 1.165) is 19.6 Å². The molecule has 0 aliphatic carbocycles. The van der Waals surface area contributed by atoms with Crippen LogP contribution in [-0.4, -0.2) is 37.5 Å². The molecule has 3 nitrogen and oxygen atoms in total. The minimum absolute atomic E-state index is 0.00332. The Kier molecular flexibility index (Phi) is 6.72. The van der Waals surface area contributed by atoms with Crippen LogP contribution in [0.4, 0.5) is 0 Å². The van der Waals surface area contributed by atoms with Gasteiger partial charge in [-0.2, -0.15) is 0 Å². The topological polar surface area (TPSA) is 32.3 Å². The summed E-state index contributed by atoms with van der Waals surface area (Å²) in [6, 6.07) is 0. The molecule has 0 aliphatic heterocycles. The van der Waals surface area contributed by atoms with E-state index in [-0.39, 0.29) is 5.91 Å². The maximum Gasteiger partial charge on any atom is 0.259 e. The summed E-state index contributed by atoms with van der Waals surface area (Å²) >= 11 is 4.09. The fourth-order valence-electron chi connectivity index (χ4n) is 0.936. The molecule has 0 unspecified atom stereocenters. The zero-order valence-electron chi connectivity index (χ0n) is 8.50. The Bertz CT molecular complexity index is 192. The fourth-order valence-corrected chi connectivity index (χ4v) is 1.08. The summed E-state index contributed by atoms with van der Waals surface area (Å²) in [5, 5.41) is 3.01. The number of thiol groups is 1. The maximum absolute atomic E-state index is 11.6. The molecule has 0 spiro atoms. The first kappa shape index (κ1) is 12.5. The predicted molar refractivity (Wildman–Crippen MR) is 58.9 cm³/mol. The van der Waals surface area contributed by atoms with Gasteiger partial charge in [-0.15, -0.1) is 12.6 Å². The monoisotopic (exact) mass is 202 g/mol. The number of likely N-dealkylation sites (N-methyl/N-ethyl adjacent to an activating group) is 2. The number of allylic oxidation sites excluding steroid dienone is 1. The summed E-state index contributed by atoms with van der Waals surface area (Å²) < 4.78 is 0. The molecule has 13 heavy (non-hydrogen) atoms. The van der Waals surface area contributed by atoms with Crippen molar-refractivity contribution in [3.63, 3.8) is 0 Å². The summed E-state index contributed by atoms with van der Waals surface area (Å²) in [6.07, 6.45) is 1.72. The fraction of sp³-hybridized carbons (Fsp3) is 0.667. The van der Waals surface area contributed by atoms with E-state index in [1.54, 1.807) is 11.0 Å². The highest BCUT2D eigenvalue weighted by Gasteiger charge is 2.12. The number of nitrogens with zero attached hydrogens (tertiary/aromatic N) is 1. The maximum atomic E-state index is 11.6. The highest BCUT2D eigenvalue weighted by molar-refractivity contribution is 7.85. The van der Waals surface area contributed by atoms with Crippen molar-refractivity contribution in [2.45, 2.75) is 13.8 Å². The van der Waals surface area contributed by atoms with Crippen molar-refractivity contribution < 1.29 is 4.79 Å². The summed E-state index contributed by atoms with van der Waals surface area (Å²) in [4.78, 5) is 13.8. The van der Waals surface area contributed by atoms with E-state index in [4.69, 9.17) is 0 Å². The third kappa shape index (κ3) is 4.33. The lowest BCUT2D eigenvalue weighted by molar-refractivity contribution is -0.126. The van der Waals surface area contributed by atoms with Crippen LogP contribution in [0.3, 0.4) is 0 Å². The van der Waals surface area contributed by atoms with E-state index < -0.39 is 0 Å². The smallest absolute Gasteiger partial charge is 0.259 e. The number of carbonyl (C=O) groups is 1. The number of rotatable bonds is 5. The van der Waals surface area contributed by atoms with Crippen LogP contribution in [0.25, 0.3) is 0 Å². The Morgan fingerprint density at radius 2 is 2.23 bits per heavy atom. The van der Waals surface area contributed by atoms with Gasteiger partial charge in [0.05, 0.1) is 4.91 Å². The Hall–Kier alpha value is -0.480. The molecule has 0 aromatic rings. The third-order valence-corrected chi connectivity index (χ3v) is 2.24. The van der Waals surface area contributed by atoms with Crippen LogP contribution < -0.4 is 5.32 Å². The molecule has 76 valence electrons. The second-order valence-electron chi connectivity index (χ2n) is 2.66. The van der Waals surface area contributed by atoms with Crippen LogP contribution in [0.1, 0.15) is 13.8 Å². The minimum atomic E-state index is 0.00332. The van der Waals surface area contributed by atoms with Crippen molar-refractivity contribution in [2.75, 3.05) is 26.7 Å². The number of carbonyl (C=O) groups excluding carboxylic acids is 1. The van der Waals surface area contributed by atoms with E-state index in [1.165, 1.54) is 0 Å². The molecule has 0 saturated heterocycles. The zero-order chi connectivity index (χ0) is 10.3. The van der Waals surface area contributed by atoms with Gasteiger partial charge in [-0.3, -0.25) is 4.79 Å². The first-order valence-electron chi connectivity index (χ1n) is 4.46. The van der Waals surface area contributed by atoms with E-state index in [9.17, 15) is 4.79 Å². The lowest BCUT2D eigenvalue weighted by atomic mass is 10.4. The van der Waals surface area contributed by atoms with E-state index in [0.29, 0.717) is 4.91 Å². The lowest BCUT2D eigenvalue weighted by Gasteiger charge is -2.20. The number of hydrogen-bond donors (Lipinski definition) is 2. The average molecular weight is 202 g/mol. The van der Waals surface area contributed by atoms with Gasteiger partial charge in [0.2, 0.25) is 0 Å². The molecule has 1 amide bonds. The minimum Gasteiger partial charge on any atom is -0.337 e. The van der Waals surface area contributed by atoms with Gasteiger partial charge in [-0.1, -0.05) is 6.08 Å². The molecule has 0 aromatic carbocycles. The first-order chi connectivity index (χ1) is 6.17. The van der Waals surface area contributed by atoms with Gasteiger partial charge < -0.3 is 10.2 Å². The van der Waals surface area contributed by atoms with Crippen molar-refractivity contribution in [3.05, 3.63) is 11.0 Å². The summed E-state index contributed by atoms with van der Waals surface area (Å²) in [7, 11) is 1.87. The Morgan fingerprint density at radius 3 is 2.62 bits per heavy atom. The van der Waals surface area contributed by atoms with Crippen molar-refractivity contribution in [3.8, 4) is 0 Å². The van der Waals surface area contributed by atoms with Crippen molar-refractivity contribution in [1.29, 1.82) is 0 Å². The summed E-state index contributed by atoms with van der Waals surface area (Å²) in [5.74, 6) is 0.00332. The first-order valence-corrected chi connectivity index (χ1v) is 4.91. The third-order valence-electron chi connectivity index (χ3n) is 1.79. The molecular formula is C9H18N2OS. The Morgan fingerprint density at radius 1 is 1.62 bits per heavy atom. The SMILES string of the molecule is C/C=C(\S)C(=O)N(CC)CCNC. The van der Waals surface area contributed by atoms with Crippen LogP contribution in [0.5, 0.6) is 0 Å². The van der Waals surface area contributed by atoms with Gasteiger partial charge in [0, 0.05) is 19.6 Å². The molecule has 1 N–H and O–H groups in total. The number of amides is 1. The Labute approximate surface area is 85.6 Å². The second-order valence-corrected chi connectivity index (χ2v) is 3.14. The zero-order valence-corrected chi connectivity index (χ0v) is 9.40. The quantitative estimate of drug-likeness (QED) is 0.512. The van der Waals surface area contributed by atoms with E-state index in [2.05, 4.69) is 17.9 Å². The van der Waals surface area contributed by atoms with Gasteiger partial charge in [-0.05, 0) is 20.9 Å². The molecule has 0 radical (unpaired) electrons. The normalized spacial score (nSPS) is 11.5. The van der Waals surface area contributed by atoms with Gasteiger partial charge >= 0.3 is 0 Å². The molecule has 0 aliphatic rings. The van der Waals surface area contributed by atoms with Crippen LogP contribution >= 0.6 is 12.6 Å². The van der Waals surface area contributed by atoms with Crippen LogP contribution in [-0.2, 0) is 4.79 Å². The van der Waals surface area contributed by atoms with Crippen molar-refractivity contribution in [1.82, 2.24) is 10.2 Å². The second kappa shape index (κ2) is 6.97. The molecule has 0 saturated carbocycles. The molecular weight excluding hydrogens is 184 g/mol. The van der Waals surface area contributed by atoms with Crippen LogP contribution in [0, 0.1) is 0 Å². The van der Waals surface area contributed by atoms with Crippen molar-refractivity contribution in [2.24, 2.45) is 0 Å². The van der Waals surface area contributed by atoms with Crippen LogP contribution in [0.2, 0.25) is 0 Å². The molecule has 0 aromatic heterocycles. The number of nitrogens with one attached hydrogen (secondary N) is 1. The molecule has 0 atom stereocenters. The molecule has 0 fully saturated rings. The van der Waals surface area contributed by atoms with E-state index in [1.807, 2.05) is 20.9 Å².